The van der Waals surface area contributed by atoms with E-state index in [1.807, 2.05) is 6.07 Å². The second-order valence-corrected chi connectivity index (χ2v) is 4.03. The molecule has 1 aromatic rings. The molecule has 0 saturated carbocycles. The maximum absolute atomic E-state index is 5.14. The van der Waals surface area contributed by atoms with Crippen molar-refractivity contribution < 1.29 is 4.42 Å². The summed E-state index contributed by atoms with van der Waals surface area (Å²) in [4.78, 5) is 0. The van der Waals surface area contributed by atoms with Gasteiger partial charge in [0.25, 0.3) is 0 Å². The Bertz CT molecular complexity index is 262. The third-order valence-corrected chi connectivity index (χ3v) is 2.73. The van der Waals surface area contributed by atoms with Crippen LogP contribution >= 0.6 is 15.9 Å². The third-order valence-electron chi connectivity index (χ3n) is 2.03. The Balaban J connectivity index is 2.23. The highest BCUT2D eigenvalue weighted by Gasteiger charge is 2.04. The van der Waals surface area contributed by atoms with Crippen molar-refractivity contribution >= 4 is 15.9 Å². The average molecular weight is 261 g/mol. The van der Waals surface area contributed by atoms with Crippen molar-refractivity contribution in [3.8, 4) is 0 Å². The molecule has 0 aliphatic rings. The van der Waals surface area contributed by atoms with Gasteiger partial charge in [0.1, 0.15) is 0 Å². The van der Waals surface area contributed by atoms with Crippen LogP contribution in [0.5, 0.6) is 0 Å². The normalized spacial score (nSPS) is 13.1. The van der Waals surface area contributed by atoms with Gasteiger partial charge in [0.05, 0.1) is 6.26 Å². The minimum absolute atomic E-state index is 0.469. The first-order chi connectivity index (χ1) is 6.74. The fourth-order valence-electron chi connectivity index (χ4n) is 1.16. The fraction of sp³-hybridized carbons (Fsp3) is 0.600. The van der Waals surface area contributed by atoms with Gasteiger partial charge in [0.2, 0.25) is 0 Å². The summed E-state index contributed by atoms with van der Waals surface area (Å²) in [7, 11) is 0. The van der Waals surface area contributed by atoms with Gasteiger partial charge in [0, 0.05) is 24.7 Å². The van der Waals surface area contributed by atoms with Gasteiger partial charge in [-0.05, 0) is 35.5 Å². The van der Waals surface area contributed by atoms with Gasteiger partial charge in [-0.3, -0.25) is 0 Å². The van der Waals surface area contributed by atoms with Gasteiger partial charge < -0.3 is 15.1 Å². The second kappa shape index (κ2) is 6.22. The smallest absolute Gasteiger partial charge is 0.173 e. The average Bonchev–Trinajstić information content (AvgIpc) is 2.58. The SMILES string of the molecule is CCNCC(C)NCc1ccoc1Br. The minimum atomic E-state index is 0.469. The molecule has 0 aromatic carbocycles. The van der Waals surface area contributed by atoms with Crippen molar-refractivity contribution in [2.24, 2.45) is 0 Å². The first kappa shape index (κ1) is 11.8. The standard InChI is InChI=1S/C10H17BrN2O/c1-3-12-6-8(2)13-7-9-4-5-14-10(9)11/h4-5,8,12-13H,3,6-7H2,1-2H3. The summed E-state index contributed by atoms with van der Waals surface area (Å²) >= 11 is 3.35. The Morgan fingerprint density at radius 2 is 2.36 bits per heavy atom. The monoisotopic (exact) mass is 260 g/mol. The van der Waals surface area contributed by atoms with Crippen LogP contribution in [0.3, 0.4) is 0 Å². The van der Waals surface area contributed by atoms with Crippen molar-refractivity contribution in [2.45, 2.75) is 26.4 Å². The van der Waals surface area contributed by atoms with Gasteiger partial charge in [-0.15, -0.1) is 0 Å². The van der Waals surface area contributed by atoms with Gasteiger partial charge in [0.15, 0.2) is 4.67 Å². The van der Waals surface area contributed by atoms with Gasteiger partial charge in [-0.2, -0.15) is 0 Å². The molecule has 4 heteroatoms. The number of hydrogen-bond donors (Lipinski definition) is 2. The Hall–Kier alpha value is -0.320. The van der Waals surface area contributed by atoms with Crippen LogP contribution in [0.15, 0.2) is 21.4 Å². The molecule has 0 saturated heterocycles. The van der Waals surface area contributed by atoms with Crippen LogP contribution < -0.4 is 10.6 Å². The van der Waals surface area contributed by atoms with Gasteiger partial charge in [-0.25, -0.2) is 0 Å². The Labute approximate surface area is 93.4 Å². The lowest BCUT2D eigenvalue weighted by atomic mass is 10.3. The zero-order chi connectivity index (χ0) is 10.4. The van der Waals surface area contributed by atoms with Gasteiger partial charge in [-0.1, -0.05) is 6.92 Å². The molecule has 14 heavy (non-hydrogen) atoms. The van der Waals surface area contributed by atoms with Gasteiger partial charge >= 0.3 is 0 Å². The van der Waals surface area contributed by atoms with E-state index >= 15 is 0 Å². The van der Waals surface area contributed by atoms with E-state index in [2.05, 4.69) is 40.4 Å². The summed E-state index contributed by atoms with van der Waals surface area (Å²) in [6, 6.07) is 2.44. The molecule has 1 unspecified atom stereocenters. The van der Waals surface area contributed by atoms with Crippen molar-refractivity contribution in [3.63, 3.8) is 0 Å². The highest BCUT2D eigenvalue weighted by atomic mass is 79.9. The lowest BCUT2D eigenvalue weighted by molar-refractivity contribution is 0.498. The Kier molecular flexibility index (Phi) is 5.22. The number of rotatable bonds is 6. The molecule has 80 valence electrons. The van der Waals surface area contributed by atoms with Crippen LogP contribution in [0.25, 0.3) is 0 Å². The lowest BCUT2D eigenvalue weighted by Crippen LogP contribution is -2.35. The van der Waals surface area contributed by atoms with E-state index in [0.29, 0.717) is 6.04 Å². The van der Waals surface area contributed by atoms with Crippen molar-refractivity contribution in [2.75, 3.05) is 13.1 Å². The second-order valence-electron chi connectivity index (χ2n) is 3.31. The number of nitrogens with one attached hydrogen (secondary N) is 2. The Morgan fingerprint density at radius 1 is 1.57 bits per heavy atom. The molecule has 2 N–H and O–H groups in total. The number of furan rings is 1. The zero-order valence-electron chi connectivity index (χ0n) is 8.64. The van der Waals surface area contributed by atoms with E-state index in [1.165, 1.54) is 0 Å². The molecule has 0 bridgehead atoms. The van der Waals surface area contributed by atoms with Crippen LogP contribution in [0.1, 0.15) is 19.4 Å². The largest absolute Gasteiger partial charge is 0.457 e. The first-order valence-electron chi connectivity index (χ1n) is 4.90. The quantitative estimate of drug-likeness (QED) is 0.823. The van der Waals surface area contributed by atoms with Crippen molar-refractivity contribution in [1.29, 1.82) is 0 Å². The van der Waals surface area contributed by atoms with Crippen molar-refractivity contribution in [3.05, 3.63) is 22.6 Å². The Morgan fingerprint density at radius 3 is 2.93 bits per heavy atom. The summed E-state index contributed by atoms with van der Waals surface area (Å²) < 4.78 is 5.96. The lowest BCUT2D eigenvalue weighted by Gasteiger charge is -2.13. The number of hydrogen-bond acceptors (Lipinski definition) is 3. The molecule has 0 aliphatic carbocycles. The van der Waals surface area contributed by atoms with E-state index in [-0.39, 0.29) is 0 Å². The predicted octanol–water partition coefficient (Wildman–Crippen LogP) is 2.13. The molecule has 0 spiro atoms. The molecule has 1 aromatic heterocycles. The number of halogens is 1. The molecular formula is C10H17BrN2O. The number of likely N-dealkylation sites (N-methyl/N-ethyl adjacent to an activating group) is 1. The highest BCUT2D eigenvalue weighted by molar-refractivity contribution is 9.10. The molecule has 3 nitrogen and oxygen atoms in total. The van der Waals surface area contributed by atoms with E-state index < -0.39 is 0 Å². The maximum Gasteiger partial charge on any atom is 0.173 e. The predicted molar refractivity (Wildman–Crippen MR) is 61.3 cm³/mol. The summed E-state index contributed by atoms with van der Waals surface area (Å²) in [6.07, 6.45) is 1.69. The maximum atomic E-state index is 5.14. The molecule has 0 aliphatic heterocycles. The topological polar surface area (TPSA) is 37.2 Å². The van der Waals surface area contributed by atoms with Crippen LogP contribution in [-0.4, -0.2) is 19.1 Å². The molecule has 1 rings (SSSR count). The molecule has 0 radical (unpaired) electrons. The summed E-state index contributed by atoms with van der Waals surface area (Å²) in [5, 5.41) is 6.70. The molecular weight excluding hydrogens is 244 g/mol. The van der Waals surface area contributed by atoms with E-state index in [1.54, 1.807) is 6.26 Å². The van der Waals surface area contributed by atoms with E-state index in [4.69, 9.17) is 4.42 Å². The molecule has 0 amide bonds. The fourth-order valence-corrected chi connectivity index (χ4v) is 1.54. The van der Waals surface area contributed by atoms with Crippen LogP contribution in [0, 0.1) is 0 Å². The third kappa shape index (κ3) is 3.82. The van der Waals surface area contributed by atoms with E-state index in [9.17, 15) is 0 Å². The summed E-state index contributed by atoms with van der Waals surface area (Å²) in [5.41, 5.74) is 1.16. The van der Waals surface area contributed by atoms with Crippen LogP contribution in [0.2, 0.25) is 0 Å². The summed E-state index contributed by atoms with van der Waals surface area (Å²) in [6.45, 7) is 7.12. The molecule has 1 heterocycles. The van der Waals surface area contributed by atoms with Crippen molar-refractivity contribution in [1.82, 2.24) is 10.6 Å². The highest BCUT2D eigenvalue weighted by Crippen LogP contribution is 2.16. The van der Waals surface area contributed by atoms with Crippen LogP contribution in [0.4, 0.5) is 0 Å². The zero-order valence-corrected chi connectivity index (χ0v) is 10.2. The van der Waals surface area contributed by atoms with Crippen LogP contribution in [-0.2, 0) is 6.54 Å². The summed E-state index contributed by atoms with van der Waals surface area (Å²) in [5.74, 6) is 0. The molecule has 1 atom stereocenters. The minimum Gasteiger partial charge on any atom is -0.457 e. The van der Waals surface area contributed by atoms with E-state index in [0.717, 1.165) is 29.9 Å². The molecule has 0 fully saturated rings. The first-order valence-corrected chi connectivity index (χ1v) is 5.69.